The van der Waals surface area contributed by atoms with Gasteiger partial charge in [0.15, 0.2) is 5.65 Å². The molecule has 0 spiro atoms. The second-order valence-electron chi connectivity index (χ2n) is 4.82. The summed E-state index contributed by atoms with van der Waals surface area (Å²) >= 11 is 0. The number of hydrogen-bond acceptors (Lipinski definition) is 5. The minimum Gasteiger partial charge on any atom is -0.496 e. The highest BCUT2D eigenvalue weighted by Crippen LogP contribution is 2.30. The first-order valence-electron chi connectivity index (χ1n) is 6.66. The highest BCUT2D eigenvalue weighted by Gasteiger charge is 2.14. The lowest BCUT2D eigenvalue weighted by atomic mass is 10.1. The number of carbonyl (C=O) groups excluding carboxylic acids is 1. The number of primary amides is 1. The fraction of sp³-hybridized carbons (Fsp3) is 0.143. The molecule has 4 N–H and O–H groups in total. The molecule has 0 saturated carbocycles. The van der Waals surface area contributed by atoms with Crippen molar-refractivity contribution in [3.05, 3.63) is 34.7 Å². The van der Waals surface area contributed by atoms with E-state index in [1.54, 1.807) is 25.2 Å². The van der Waals surface area contributed by atoms with Crippen LogP contribution in [0.3, 0.4) is 0 Å². The Morgan fingerprint density at radius 2 is 2.22 bits per heavy atom. The van der Waals surface area contributed by atoms with E-state index >= 15 is 0 Å². The van der Waals surface area contributed by atoms with Crippen molar-refractivity contribution in [2.75, 3.05) is 12.4 Å². The molecule has 118 valence electrons. The molecule has 23 heavy (non-hydrogen) atoms. The van der Waals surface area contributed by atoms with Gasteiger partial charge in [-0.15, -0.1) is 0 Å². The number of nitrogens with one attached hydrogen (secondary N) is 2. The van der Waals surface area contributed by atoms with Crippen LogP contribution in [-0.2, 0) is 7.05 Å². The number of aryl methyl sites for hydroxylation is 1. The van der Waals surface area contributed by atoms with Crippen LogP contribution in [0, 0.1) is 0 Å². The number of H-pyrrole nitrogens is 1. The Hall–Kier alpha value is -3.36. The van der Waals surface area contributed by atoms with Crippen LogP contribution in [0.2, 0.25) is 0 Å². The molecule has 2 heterocycles. The van der Waals surface area contributed by atoms with Crippen LogP contribution in [0.1, 0.15) is 0 Å². The average molecular weight is 314 g/mol. The first-order chi connectivity index (χ1) is 11.0. The minimum atomic E-state index is -0.678. The maximum atomic E-state index is 12.1. The average Bonchev–Trinajstić information content (AvgIpc) is 2.88. The van der Waals surface area contributed by atoms with Crippen molar-refractivity contribution < 1.29 is 9.53 Å². The largest absolute Gasteiger partial charge is 0.496 e. The van der Waals surface area contributed by atoms with Crippen LogP contribution in [0.25, 0.3) is 22.4 Å². The quantitative estimate of drug-likeness (QED) is 0.659. The third-order valence-corrected chi connectivity index (χ3v) is 3.33. The molecular formula is C14H14N6O3. The number of fused-ring (bicyclic) bond motifs is 1. The first-order valence-corrected chi connectivity index (χ1v) is 6.66. The summed E-state index contributed by atoms with van der Waals surface area (Å²) in [4.78, 5) is 30.2. The summed E-state index contributed by atoms with van der Waals surface area (Å²) < 4.78 is 6.83. The summed E-state index contributed by atoms with van der Waals surface area (Å²) in [7, 11) is 3.18. The van der Waals surface area contributed by atoms with Gasteiger partial charge >= 0.3 is 6.03 Å². The van der Waals surface area contributed by atoms with Gasteiger partial charge in [0.25, 0.3) is 5.56 Å². The molecule has 0 bridgehead atoms. The van der Waals surface area contributed by atoms with Crippen molar-refractivity contribution in [2.45, 2.75) is 0 Å². The Labute approximate surface area is 130 Å². The number of carbonyl (C=O) groups is 1. The molecule has 2 amide bonds. The number of aromatic amines is 1. The number of nitrogens with zero attached hydrogens (tertiary/aromatic N) is 3. The van der Waals surface area contributed by atoms with E-state index in [0.717, 1.165) is 0 Å². The molecule has 0 radical (unpaired) electrons. The summed E-state index contributed by atoms with van der Waals surface area (Å²) in [5, 5.41) is 6.88. The molecule has 2 aromatic heterocycles. The first kappa shape index (κ1) is 14.6. The van der Waals surface area contributed by atoms with Crippen LogP contribution >= 0.6 is 0 Å². The molecule has 0 aliphatic rings. The van der Waals surface area contributed by atoms with Crippen LogP contribution in [0.4, 0.5) is 10.5 Å². The van der Waals surface area contributed by atoms with Gasteiger partial charge in [-0.2, -0.15) is 5.10 Å². The second-order valence-corrected chi connectivity index (χ2v) is 4.82. The number of urea groups is 1. The van der Waals surface area contributed by atoms with E-state index in [4.69, 9.17) is 10.5 Å². The topological polar surface area (TPSA) is 128 Å². The van der Waals surface area contributed by atoms with Gasteiger partial charge in [0.1, 0.15) is 17.0 Å². The van der Waals surface area contributed by atoms with Crippen molar-refractivity contribution in [3.8, 4) is 17.1 Å². The van der Waals surface area contributed by atoms with Gasteiger partial charge in [0, 0.05) is 18.8 Å². The van der Waals surface area contributed by atoms with Crippen LogP contribution < -0.4 is 21.3 Å². The van der Waals surface area contributed by atoms with Gasteiger partial charge in [-0.3, -0.25) is 9.48 Å². The van der Waals surface area contributed by atoms with Gasteiger partial charge in [0.05, 0.1) is 18.9 Å². The summed E-state index contributed by atoms with van der Waals surface area (Å²) in [5.74, 6) is 0.773. The van der Waals surface area contributed by atoms with E-state index in [0.29, 0.717) is 33.9 Å². The van der Waals surface area contributed by atoms with Gasteiger partial charge in [-0.25, -0.2) is 9.78 Å². The number of amides is 2. The normalized spacial score (nSPS) is 10.7. The fourth-order valence-corrected chi connectivity index (χ4v) is 2.27. The van der Waals surface area contributed by atoms with E-state index in [1.165, 1.54) is 18.0 Å². The molecule has 3 aromatic rings. The van der Waals surface area contributed by atoms with Crippen molar-refractivity contribution in [2.24, 2.45) is 12.8 Å². The van der Waals surface area contributed by atoms with Gasteiger partial charge in [-0.1, -0.05) is 0 Å². The minimum absolute atomic E-state index is 0.292. The van der Waals surface area contributed by atoms with Gasteiger partial charge in [-0.05, 0) is 12.1 Å². The Balaban J connectivity index is 2.16. The maximum absolute atomic E-state index is 12.1. The van der Waals surface area contributed by atoms with E-state index in [-0.39, 0.29) is 5.56 Å². The zero-order valence-electron chi connectivity index (χ0n) is 12.5. The highest BCUT2D eigenvalue weighted by atomic mass is 16.5. The van der Waals surface area contributed by atoms with Gasteiger partial charge < -0.3 is 20.8 Å². The zero-order chi connectivity index (χ0) is 16.6. The Morgan fingerprint density at radius 1 is 1.43 bits per heavy atom. The molecule has 3 rings (SSSR count). The molecular weight excluding hydrogens is 300 g/mol. The number of benzene rings is 1. The molecule has 0 aliphatic carbocycles. The lowest BCUT2D eigenvalue weighted by molar-refractivity contribution is 0.259. The predicted octanol–water partition coefficient (Wildman–Crippen LogP) is 0.823. The molecule has 0 atom stereocenters. The van der Waals surface area contributed by atoms with Crippen molar-refractivity contribution in [1.29, 1.82) is 0 Å². The smallest absolute Gasteiger partial charge is 0.316 e. The maximum Gasteiger partial charge on any atom is 0.316 e. The van der Waals surface area contributed by atoms with Gasteiger partial charge in [0.2, 0.25) is 0 Å². The SMILES string of the molecule is COc1cc(NC(N)=O)ccc1-c1nc2c(cnn2C)c(=O)[nH]1. The number of ether oxygens (including phenoxy) is 1. The summed E-state index contributed by atoms with van der Waals surface area (Å²) in [6.07, 6.45) is 1.46. The number of anilines is 1. The van der Waals surface area contributed by atoms with E-state index in [9.17, 15) is 9.59 Å². The predicted molar refractivity (Wildman–Crippen MR) is 84.3 cm³/mol. The Morgan fingerprint density at radius 3 is 2.91 bits per heavy atom. The third kappa shape index (κ3) is 2.59. The zero-order valence-corrected chi connectivity index (χ0v) is 12.5. The summed E-state index contributed by atoms with van der Waals surface area (Å²) in [6, 6.07) is 4.22. The van der Waals surface area contributed by atoms with Crippen LogP contribution in [0.15, 0.2) is 29.2 Å². The van der Waals surface area contributed by atoms with E-state index in [2.05, 4.69) is 20.4 Å². The van der Waals surface area contributed by atoms with Crippen molar-refractivity contribution >= 4 is 22.8 Å². The molecule has 1 aromatic carbocycles. The number of nitrogens with two attached hydrogens (primary N) is 1. The summed E-state index contributed by atoms with van der Waals surface area (Å²) in [5.41, 5.74) is 6.31. The van der Waals surface area contributed by atoms with Crippen molar-refractivity contribution in [1.82, 2.24) is 19.7 Å². The lowest BCUT2D eigenvalue weighted by Gasteiger charge is -2.10. The number of methoxy groups -OCH3 is 1. The lowest BCUT2D eigenvalue weighted by Crippen LogP contribution is -2.19. The van der Waals surface area contributed by atoms with Crippen molar-refractivity contribution in [3.63, 3.8) is 0 Å². The van der Waals surface area contributed by atoms with Crippen LogP contribution in [-0.4, -0.2) is 32.9 Å². The molecule has 0 aliphatic heterocycles. The standard InChI is InChI=1S/C14H14N6O3/c1-20-12-9(6-16-20)13(21)19-11(18-12)8-4-3-7(17-14(15)22)5-10(8)23-2/h3-6H,1-2H3,(H3,15,17,22)(H,18,19,21). The number of hydrogen-bond donors (Lipinski definition) is 3. The Kier molecular flexibility index (Phi) is 3.45. The third-order valence-electron chi connectivity index (χ3n) is 3.33. The number of aromatic nitrogens is 4. The molecule has 9 heteroatoms. The van der Waals surface area contributed by atoms with E-state index < -0.39 is 6.03 Å². The Bertz CT molecular complexity index is 959. The molecule has 9 nitrogen and oxygen atoms in total. The molecule has 0 fully saturated rings. The monoisotopic (exact) mass is 314 g/mol. The van der Waals surface area contributed by atoms with Crippen LogP contribution in [0.5, 0.6) is 5.75 Å². The molecule has 0 saturated heterocycles. The van der Waals surface area contributed by atoms with E-state index in [1.807, 2.05) is 0 Å². The number of rotatable bonds is 3. The fourth-order valence-electron chi connectivity index (χ4n) is 2.27. The molecule has 0 unspecified atom stereocenters. The summed E-state index contributed by atoms with van der Waals surface area (Å²) in [6.45, 7) is 0. The second kappa shape index (κ2) is 5.44. The highest BCUT2D eigenvalue weighted by molar-refractivity contribution is 5.89.